The topological polar surface area (TPSA) is 78.9 Å². The van der Waals surface area contributed by atoms with Crippen molar-refractivity contribution < 1.29 is 28.6 Å². The first-order chi connectivity index (χ1) is 38.0. The van der Waals surface area contributed by atoms with Crippen LogP contribution in [0.1, 0.15) is 265 Å². The molecule has 0 aromatic carbocycles. The molecule has 6 nitrogen and oxygen atoms in total. The average molecular weight is 1060 g/mol. The lowest BCUT2D eigenvalue weighted by Crippen LogP contribution is -2.30. The van der Waals surface area contributed by atoms with Gasteiger partial charge in [0.25, 0.3) is 0 Å². The first kappa shape index (κ1) is 72.3. The van der Waals surface area contributed by atoms with E-state index in [1.807, 2.05) is 12.2 Å². The van der Waals surface area contributed by atoms with Crippen LogP contribution in [0, 0.1) is 0 Å². The first-order valence-electron chi connectivity index (χ1n) is 31.3. The third-order valence-corrected chi connectivity index (χ3v) is 12.8. The molecule has 434 valence electrons. The van der Waals surface area contributed by atoms with E-state index in [0.29, 0.717) is 19.3 Å². The van der Waals surface area contributed by atoms with Crippen LogP contribution in [0.15, 0.2) is 146 Å². The van der Waals surface area contributed by atoms with Crippen LogP contribution in [0.2, 0.25) is 0 Å². The molecule has 0 amide bonds. The molecule has 0 radical (unpaired) electrons. The molecule has 77 heavy (non-hydrogen) atoms. The van der Waals surface area contributed by atoms with Crippen LogP contribution in [-0.2, 0) is 28.6 Å². The largest absolute Gasteiger partial charge is 0.462 e. The van der Waals surface area contributed by atoms with Gasteiger partial charge in [-0.2, -0.15) is 0 Å². The van der Waals surface area contributed by atoms with Crippen LogP contribution in [0.25, 0.3) is 0 Å². The predicted octanol–water partition coefficient (Wildman–Crippen LogP) is 21.5. The van der Waals surface area contributed by atoms with Gasteiger partial charge in [-0.1, -0.05) is 269 Å². The van der Waals surface area contributed by atoms with E-state index in [-0.39, 0.29) is 44.0 Å². The lowest BCUT2D eigenvalue weighted by Gasteiger charge is -2.18. The Bertz CT molecular complexity index is 1700. The maximum absolute atomic E-state index is 12.8. The van der Waals surface area contributed by atoms with Gasteiger partial charge in [0.2, 0.25) is 0 Å². The fourth-order valence-corrected chi connectivity index (χ4v) is 8.21. The number of allylic oxidation sites excluding steroid dienone is 24. The summed E-state index contributed by atoms with van der Waals surface area (Å²) in [5, 5.41) is 0. The summed E-state index contributed by atoms with van der Waals surface area (Å²) in [6.45, 7) is 6.28. The van der Waals surface area contributed by atoms with Crippen molar-refractivity contribution >= 4 is 17.9 Å². The molecule has 0 N–H and O–H groups in total. The molecular weight excluding hydrogens is 949 g/mol. The van der Waals surface area contributed by atoms with E-state index in [4.69, 9.17) is 14.2 Å². The van der Waals surface area contributed by atoms with Crippen molar-refractivity contribution in [1.82, 2.24) is 0 Å². The van der Waals surface area contributed by atoms with Gasteiger partial charge < -0.3 is 14.2 Å². The zero-order valence-corrected chi connectivity index (χ0v) is 49.7. The fourth-order valence-electron chi connectivity index (χ4n) is 8.21. The van der Waals surface area contributed by atoms with Crippen molar-refractivity contribution in [3.8, 4) is 0 Å². The third kappa shape index (κ3) is 62.0. The Balaban J connectivity index is 4.37. The summed E-state index contributed by atoms with van der Waals surface area (Å²) in [6.07, 6.45) is 91.7. The molecule has 0 aliphatic carbocycles. The lowest BCUT2D eigenvalue weighted by molar-refractivity contribution is -0.166. The number of unbranched alkanes of at least 4 members (excludes halogenated alkanes) is 20. The first-order valence-corrected chi connectivity index (χ1v) is 31.3. The third-order valence-electron chi connectivity index (χ3n) is 12.8. The van der Waals surface area contributed by atoms with Crippen molar-refractivity contribution in [2.75, 3.05) is 13.2 Å². The van der Waals surface area contributed by atoms with Crippen molar-refractivity contribution in [3.05, 3.63) is 146 Å². The van der Waals surface area contributed by atoms with Gasteiger partial charge in [-0.25, -0.2) is 0 Å². The summed E-state index contributed by atoms with van der Waals surface area (Å²) >= 11 is 0. The smallest absolute Gasteiger partial charge is 0.306 e. The van der Waals surface area contributed by atoms with Crippen LogP contribution in [-0.4, -0.2) is 37.2 Å². The molecular formula is C71H114O6. The van der Waals surface area contributed by atoms with Crippen LogP contribution in [0.3, 0.4) is 0 Å². The quantitative estimate of drug-likeness (QED) is 0.0261. The SMILES string of the molecule is CC/C=C\C/C=C\C/C=C\C/C=C\C/C=C\CCCC(=O)OC(COC(=O)CC/C=C\C/C=C\C/C=C\C/C=C\CC)COC(=O)CCCCCCCCCCCCCCCC/C=C\C/C=C\C/C=C\CCCCCCC. The summed E-state index contributed by atoms with van der Waals surface area (Å²) < 4.78 is 16.8. The predicted molar refractivity (Wildman–Crippen MR) is 334 cm³/mol. The minimum Gasteiger partial charge on any atom is -0.462 e. The number of hydrogen-bond acceptors (Lipinski definition) is 6. The van der Waals surface area contributed by atoms with E-state index in [1.54, 1.807) is 0 Å². The van der Waals surface area contributed by atoms with Gasteiger partial charge in [0.05, 0.1) is 0 Å². The molecule has 0 aliphatic rings. The Hall–Kier alpha value is -4.71. The normalized spacial score (nSPS) is 13.1. The van der Waals surface area contributed by atoms with E-state index in [9.17, 15) is 14.4 Å². The van der Waals surface area contributed by atoms with Gasteiger partial charge in [-0.05, 0) is 122 Å². The van der Waals surface area contributed by atoms with Gasteiger partial charge in [0.15, 0.2) is 6.10 Å². The van der Waals surface area contributed by atoms with E-state index < -0.39 is 6.10 Å². The van der Waals surface area contributed by atoms with Crippen molar-refractivity contribution in [2.24, 2.45) is 0 Å². The molecule has 0 aromatic rings. The summed E-state index contributed by atoms with van der Waals surface area (Å²) in [5.74, 6) is -1.08. The minimum atomic E-state index is -0.843. The molecule has 0 fully saturated rings. The molecule has 6 heteroatoms. The number of ether oxygens (including phenoxy) is 3. The molecule has 0 aromatic heterocycles. The van der Waals surface area contributed by atoms with Crippen LogP contribution >= 0.6 is 0 Å². The van der Waals surface area contributed by atoms with Gasteiger partial charge in [0.1, 0.15) is 13.2 Å². The standard InChI is InChI=1S/C71H114O6/c1-4-7-10-13-16-19-22-25-27-29-30-31-32-33-34-35-36-37-38-39-40-42-43-46-49-52-55-58-61-64-70(73)76-67-68(66-75-69(72)63-60-57-54-51-48-45-24-21-18-15-12-9-6-3)77-71(74)65-62-59-56-53-50-47-44-41-28-26-23-20-17-14-11-8-5-2/h8-9,11-12,17-18,20-22,25-26,28-30,32-33,44-45,47-48,53-54,56-57,68H,4-7,10,13-16,19,23-24,27,31,34-43,46,49-52,55,58-67H2,1-3H3/b11-8-,12-9-,20-17-,21-18-,25-22-,28-26-,30-29-,33-32-,47-44-,48-45-,56-53-,57-54-. The number of carbonyl (C=O) groups is 3. The maximum atomic E-state index is 12.8. The molecule has 1 unspecified atom stereocenters. The van der Waals surface area contributed by atoms with E-state index >= 15 is 0 Å². The second-order valence-electron chi connectivity index (χ2n) is 20.2. The minimum absolute atomic E-state index is 0.128. The van der Waals surface area contributed by atoms with Crippen LogP contribution in [0.4, 0.5) is 0 Å². The summed E-state index contributed by atoms with van der Waals surface area (Å²) in [4.78, 5) is 38.2. The van der Waals surface area contributed by atoms with Crippen LogP contribution < -0.4 is 0 Å². The van der Waals surface area contributed by atoms with E-state index in [0.717, 1.165) is 96.3 Å². The highest BCUT2D eigenvalue weighted by atomic mass is 16.6. The van der Waals surface area contributed by atoms with Gasteiger partial charge >= 0.3 is 17.9 Å². The zero-order chi connectivity index (χ0) is 55.7. The highest BCUT2D eigenvalue weighted by Gasteiger charge is 2.19. The monoisotopic (exact) mass is 1060 g/mol. The van der Waals surface area contributed by atoms with Crippen LogP contribution in [0.5, 0.6) is 0 Å². The molecule has 0 bridgehead atoms. The average Bonchev–Trinajstić information content (AvgIpc) is 3.43. The maximum Gasteiger partial charge on any atom is 0.306 e. The highest BCUT2D eigenvalue weighted by Crippen LogP contribution is 2.15. The fraction of sp³-hybridized carbons (Fsp3) is 0.620. The number of esters is 3. The summed E-state index contributed by atoms with van der Waals surface area (Å²) in [5.41, 5.74) is 0. The lowest BCUT2D eigenvalue weighted by atomic mass is 10.0. The molecule has 0 rings (SSSR count). The van der Waals surface area contributed by atoms with Crippen molar-refractivity contribution in [3.63, 3.8) is 0 Å². The number of rotatable bonds is 55. The number of hydrogen-bond donors (Lipinski definition) is 0. The molecule has 1 atom stereocenters. The molecule has 0 spiro atoms. The summed E-state index contributed by atoms with van der Waals surface area (Å²) in [6, 6.07) is 0. The van der Waals surface area contributed by atoms with Gasteiger partial charge in [-0.3, -0.25) is 14.4 Å². The Labute approximate surface area is 474 Å². The van der Waals surface area contributed by atoms with E-state index in [2.05, 4.69) is 154 Å². The Morgan fingerprint density at radius 1 is 0.273 bits per heavy atom. The van der Waals surface area contributed by atoms with Gasteiger partial charge in [-0.15, -0.1) is 0 Å². The molecule has 0 saturated carbocycles. The Morgan fingerprint density at radius 3 is 0.909 bits per heavy atom. The Kier molecular flexibility index (Phi) is 59.9. The Morgan fingerprint density at radius 2 is 0.545 bits per heavy atom. The molecule has 0 heterocycles. The number of carbonyl (C=O) groups excluding carboxylic acids is 3. The summed E-state index contributed by atoms with van der Waals surface area (Å²) in [7, 11) is 0. The van der Waals surface area contributed by atoms with Gasteiger partial charge in [0, 0.05) is 19.3 Å². The molecule has 0 aliphatic heterocycles. The second-order valence-corrected chi connectivity index (χ2v) is 20.2. The molecule has 0 saturated heterocycles. The van der Waals surface area contributed by atoms with Crippen molar-refractivity contribution in [1.29, 1.82) is 0 Å². The highest BCUT2D eigenvalue weighted by molar-refractivity contribution is 5.71. The van der Waals surface area contributed by atoms with E-state index in [1.165, 1.54) is 116 Å². The second kappa shape index (κ2) is 63.8. The zero-order valence-electron chi connectivity index (χ0n) is 49.7. The van der Waals surface area contributed by atoms with Crippen molar-refractivity contribution in [2.45, 2.75) is 271 Å².